The number of esters is 1. The van der Waals surface area contributed by atoms with Crippen LogP contribution in [0, 0.1) is 6.92 Å². The molecule has 0 saturated carbocycles. The lowest BCUT2D eigenvalue weighted by Gasteiger charge is -2.25. The Morgan fingerprint density at radius 1 is 1.02 bits per heavy atom. The van der Waals surface area contributed by atoms with Crippen LogP contribution in [0.4, 0.5) is 0 Å². The highest BCUT2D eigenvalue weighted by molar-refractivity contribution is 7.07. The van der Waals surface area contributed by atoms with Gasteiger partial charge in [-0.05, 0) is 48.2 Å². The molecule has 1 aromatic heterocycles. The molecule has 0 N–H and O–H groups in total. The summed E-state index contributed by atoms with van der Waals surface area (Å²) in [6, 6.07) is 22.6. The fraction of sp³-hybridized carbons (Fsp3) is 0.219. The zero-order valence-electron chi connectivity index (χ0n) is 22.8. The Balaban J connectivity index is 1.55. The van der Waals surface area contributed by atoms with E-state index in [4.69, 9.17) is 19.2 Å². The van der Waals surface area contributed by atoms with Gasteiger partial charge in [-0.2, -0.15) is 0 Å². The third-order valence-electron chi connectivity index (χ3n) is 6.77. The maximum Gasteiger partial charge on any atom is 0.338 e. The highest BCUT2D eigenvalue weighted by atomic mass is 32.1. The third kappa shape index (κ3) is 5.35. The topological polar surface area (TPSA) is 79.1 Å². The Kier molecular flexibility index (Phi) is 7.98. The van der Waals surface area contributed by atoms with Crippen molar-refractivity contribution in [1.82, 2.24) is 4.57 Å². The van der Waals surface area contributed by atoms with Gasteiger partial charge in [0.05, 0.1) is 36.1 Å². The number of rotatable bonds is 8. The molecule has 0 unspecified atom stereocenters. The van der Waals surface area contributed by atoms with E-state index in [0.717, 1.165) is 16.7 Å². The van der Waals surface area contributed by atoms with Crippen LogP contribution in [0.1, 0.15) is 41.6 Å². The van der Waals surface area contributed by atoms with Crippen molar-refractivity contribution >= 4 is 23.4 Å². The lowest BCUT2D eigenvalue weighted by Crippen LogP contribution is -2.40. The van der Waals surface area contributed by atoms with Crippen LogP contribution in [0.25, 0.3) is 6.08 Å². The minimum absolute atomic E-state index is 0.229. The van der Waals surface area contributed by atoms with E-state index in [1.807, 2.05) is 80.6 Å². The van der Waals surface area contributed by atoms with Crippen molar-refractivity contribution < 1.29 is 19.0 Å². The standard InChI is InChI=1S/C32H30N2O5S/c1-5-24-28(31(36)38-4)29(23-9-7-6-8-10-23)34-30(35)27(40-32(34)33-24)18-22-15-16-25(26(17-22)37-3)39-19-21-13-11-20(2)12-14-21/h6-18,29H,5,19H2,1-4H3/b27-18-/t29-/m1/s1. The minimum atomic E-state index is -0.630. The molecule has 2 heterocycles. The van der Waals surface area contributed by atoms with E-state index in [1.165, 1.54) is 24.0 Å². The second kappa shape index (κ2) is 11.8. The van der Waals surface area contributed by atoms with Crippen LogP contribution in [-0.2, 0) is 16.1 Å². The maximum atomic E-state index is 13.8. The number of ether oxygens (including phenoxy) is 3. The smallest absolute Gasteiger partial charge is 0.338 e. The summed E-state index contributed by atoms with van der Waals surface area (Å²) in [6.07, 6.45) is 2.34. The number of carbonyl (C=O) groups excluding carboxylic acids is 1. The number of benzene rings is 3. The Bertz CT molecular complexity index is 1750. The first-order valence-corrected chi connectivity index (χ1v) is 13.8. The molecule has 5 rings (SSSR count). The molecule has 0 amide bonds. The molecule has 1 aliphatic rings. The number of fused-ring (bicyclic) bond motifs is 1. The molecule has 0 fully saturated rings. The fourth-order valence-electron chi connectivity index (χ4n) is 4.70. The normalized spacial score (nSPS) is 14.9. The molecule has 1 aliphatic heterocycles. The number of hydrogen-bond donors (Lipinski definition) is 0. The Labute approximate surface area is 236 Å². The summed E-state index contributed by atoms with van der Waals surface area (Å²) >= 11 is 1.29. The predicted octanol–water partition coefficient (Wildman–Crippen LogP) is 4.69. The van der Waals surface area contributed by atoms with Gasteiger partial charge in [0, 0.05) is 0 Å². The zero-order chi connectivity index (χ0) is 28.2. The second-order valence-corrected chi connectivity index (χ2v) is 10.4. The molecule has 4 aromatic rings. The molecule has 40 heavy (non-hydrogen) atoms. The van der Waals surface area contributed by atoms with Crippen molar-refractivity contribution in [3.63, 3.8) is 0 Å². The molecule has 0 bridgehead atoms. The van der Waals surface area contributed by atoms with Crippen LogP contribution < -0.4 is 24.4 Å². The molecule has 0 spiro atoms. The monoisotopic (exact) mass is 554 g/mol. The van der Waals surface area contributed by atoms with Crippen LogP contribution >= 0.6 is 11.3 Å². The van der Waals surface area contributed by atoms with Crippen molar-refractivity contribution in [2.24, 2.45) is 4.99 Å². The molecule has 8 heteroatoms. The van der Waals surface area contributed by atoms with E-state index >= 15 is 0 Å². The van der Waals surface area contributed by atoms with Crippen molar-refractivity contribution in [3.05, 3.63) is 126 Å². The van der Waals surface area contributed by atoms with Crippen molar-refractivity contribution in [1.29, 1.82) is 0 Å². The Morgan fingerprint density at radius 2 is 1.77 bits per heavy atom. The second-order valence-electron chi connectivity index (χ2n) is 9.38. The lowest BCUT2D eigenvalue weighted by molar-refractivity contribution is -0.136. The molecule has 1 atom stereocenters. The highest BCUT2D eigenvalue weighted by Gasteiger charge is 2.33. The van der Waals surface area contributed by atoms with Crippen molar-refractivity contribution in [2.45, 2.75) is 32.9 Å². The van der Waals surface area contributed by atoms with Gasteiger partial charge in [0.15, 0.2) is 16.3 Å². The third-order valence-corrected chi connectivity index (χ3v) is 7.75. The Morgan fingerprint density at radius 3 is 2.45 bits per heavy atom. The lowest BCUT2D eigenvalue weighted by atomic mass is 9.95. The molecule has 0 saturated heterocycles. The number of aromatic nitrogens is 1. The first-order chi connectivity index (χ1) is 19.4. The summed E-state index contributed by atoms with van der Waals surface area (Å²) in [5.41, 5.74) is 4.62. The minimum Gasteiger partial charge on any atom is -0.493 e. The molecule has 204 valence electrons. The molecule has 7 nitrogen and oxygen atoms in total. The van der Waals surface area contributed by atoms with Gasteiger partial charge in [0.2, 0.25) is 0 Å². The van der Waals surface area contributed by atoms with Crippen LogP contribution in [-0.4, -0.2) is 24.8 Å². The van der Waals surface area contributed by atoms with Crippen LogP contribution in [0.2, 0.25) is 0 Å². The summed E-state index contributed by atoms with van der Waals surface area (Å²) in [6.45, 7) is 4.40. The summed E-state index contributed by atoms with van der Waals surface area (Å²) in [7, 11) is 2.93. The number of methoxy groups -OCH3 is 2. The quantitative estimate of drug-likeness (QED) is 0.295. The van der Waals surface area contributed by atoms with E-state index in [2.05, 4.69) is 12.1 Å². The van der Waals surface area contributed by atoms with Gasteiger partial charge >= 0.3 is 5.97 Å². The van der Waals surface area contributed by atoms with Gasteiger partial charge in [-0.25, -0.2) is 9.79 Å². The van der Waals surface area contributed by atoms with Gasteiger partial charge < -0.3 is 14.2 Å². The fourth-order valence-corrected chi connectivity index (χ4v) is 5.72. The number of thiazole rings is 1. The van der Waals surface area contributed by atoms with E-state index in [9.17, 15) is 9.59 Å². The van der Waals surface area contributed by atoms with Crippen molar-refractivity contribution in [3.8, 4) is 11.5 Å². The molecular weight excluding hydrogens is 524 g/mol. The zero-order valence-corrected chi connectivity index (χ0v) is 23.7. The van der Waals surface area contributed by atoms with E-state index < -0.39 is 12.0 Å². The van der Waals surface area contributed by atoms with Crippen LogP contribution in [0.15, 0.2) is 93.9 Å². The number of nitrogens with zero attached hydrogens (tertiary/aromatic N) is 2. The predicted molar refractivity (Wildman–Crippen MR) is 155 cm³/mol. The summed E-state index contributed by atoms with van der Waals surface area (Å²) in [4.78, 5) is 32.0. The summed E-state index contributed by atoms with van der Waals surface area (Å²) in [5, 5.41) is 0. The molecule has 0 aliphatic carbocycles. The largest absolute Gasteiger partial charge is 0.493 e. The SMILES string of the molecule is CCC1=C(C(=O)OC)[C@@H](c2ccccc2)n2c(s/c(=C\c3ccc(OCc4ccc(C)cc4)c(OC)c3)c2=O)=N1. The van der Waals surface area contributed by atoms with Gasteiger partial charge in [-0.15, -0.1) is 0 Å². The first-order valence-electron chi connectivity index (χ1n) is 13.0. The van der Waals surface area contributed by atoms with Gasteiger partial charge in [0.25, 0.3) is 5.56 Å². The van der Waals surface area contributed by atoms with E-state index in [1.54, 1.807) is 11.7 Å². The average molecular weight is 555 g/mol. The van der Waals surface area contributed by atoms with Gasteiger partial charge in [0.1, 0.15) is 6.61 Å². The summed E-state index contributed by atoms with van der Waals surface area (Å²) < 4.78 is 18.8. The van der Waals surface area contributed by atoms with Gasteiger partial charge in [-0.1, -0.05) is 84.5 Å². The van der Waals surface area contributed by atoms with E-state index in [0.29, 0.717) is 45.1 Å². The average Bonchev–Trinajstić information content (AvgIpc) is 3.30. The number of aryl methyl sites for hydroxylation is 1. The number of carbonyl (C=O) groups is 1. The van der Waals surface area contributed by atoms with Crippen molar-refractivity contribution in [2.75, 3.05) is 14.2 Å². The first kappa shape index (κ1) is 27.1. The van der Waals surface area contributed by atoms with Crippen LogP contribution in [0.5, 0.6) is 11.5 Å². The molecule has 0 radical (unpaired) electrons. The number of hydrogen-bond acceptors (Lipinski definition) is 7. The number of allylic oxidation sites excluding steroid dienone is 1. The molecule has 3 aromatic carbocycles. The molecular formula is C32H30N2O5S. The summed E-state index contributed by atoms with van der Waals surface area (Å²) in [5.74, 6) is 0.688. The Hall–Kier alpha value is -4.43. The maximum absolute atomic E-state index is 13.8. The highest BCUT2D eigenvalue weighted by Crippen LogP contribution is 2.32. The van der Waals surface area contributed by atoms with E-state index in [-0.39, 0.29) is 5.56 Å². The van der Waals surface area contributed by atoms with Gasteiger partial charge in [-0.3, -0.25) is 9.36 Å². The van der Waals surface area contributed by atoms with Crippen LogP contribution in [0.3, 0.4) is 0 Å².